The highest BCUT2D eigenvalue weighted by molar-refractivity contribution is 7.27. The summed E-state index contributed by atoms with van der Waals surface area (Å²) in [7, 11) is 0. The van der Waals surface area contributed by atoms with Crippen LogP contribution in [0.5, 0.6) is 0 Å². The second-order valence-electron chi connectivity index (χ2n) is 14.8. The largest absolute Gasteiger partial charge is 0.308 e. The zero-order chi connectivity index (χ0) is 36.7. The average molecular weight is 728 g/mol. The number of thiophene rings is 1. The van der Waals surface area contributed by atoms with Crippen molar-refractivity contribution in [2.24, 2.45) is 0 Å². The van der Waals surface area contributed by atoms with E-state index in [-0.39, 0.29) is 0 Å². The van der Waals surface area contributed by atoms with Crippen LogP contribution >= 0.6 is 11.3 Å². The fourth-order valence-corrected chi connectivity index (χ4v) is 10.5. The van der Waals surface area contributed by atoms with Crippen LogP contribution in [0.15, 0.2) is 200 Å². The van der Waals surface area contributed by atoms with Crippen molar-refractivity contribution in [3.8, 4) is 39.1 Å². The summed E-state index contributed by atoms with van der Waals surface area (Å²) in [5.74, 6) is 0. The number of rotatable bonds is 4. The predicted octanol–water partition coefficient (Wildman–Crippen LogP) is 15.6. The Kier molecular flexibility index (Phi) is 6.87. The van der Waals surface area contributed by atoms with Crippen molar-refractivity contribution >= 4 is 85.6 Å². The first-order valence-electron chi connectivity index (χ1n) is 19.3. The number of para-hydroxylation sites is 1. The molecule has 10 aromatic carbocycles. The molecule has 2 heteroatoms. The molecule has 2 aromatic heterocycles. The van der Waals surface area contributed by atoms with Crippen molar-refractivity contribution in [2.45, 2.75) is 0 Å². The van der Waals surface area contributed by atoms with Gasteiger partial charge in [0.1, 0.15) is 0 Å². The van der Waals surface area contributed by atoms with E-state index in [4.69, 9.17) is 0 Å². The Balaban J connectivity index is 1.28. The lowest BCUT2D eigenvalue weighted by molar-refractivity contribution is 1.19. The van der Waals surface area contributed by atoms with Crippen molar-refractivity contribution in [1.29, 1.82) is 0 Å². The third-order valence-electron chi connectivity index (χ3n) is 11.7. The Hall–Kier alpha value is -7.00. The second kappa shape index (κ2) is 12.3. The molecule has 0 aliphatic heterocycles. The van der Waals surface area contributed by atoms with E-state index in [9.17, 15) is 0 Å². The molecule has 0 unspecified atom stereocenters. The summed E-state index contributed by atoms with van der Waals surface area (Å²) in [4.78, 5) is 0. The van der Waals surface area contributed by atoms with Crippen LogP contribution in [0.4, 0.5) is 0 Å². The maximum atomic E-state index is 2.54. The molecule has 12 rings (SSSR count). The fourth-order valence-electron chi connectivity index (χ4n) is 9.15. The monoisotopic (exact) mass is 727 g/mol. The molecule has 0 aliphatic rings. The minimum Gasteiger partial charge on any atom is -0.308 e. The molecule has 0 radical (unpaired) electrons. The van der Waals surface area contributed by atoms with Gasteiger partial charge >= 0.3 is 0 Å². The average Bonchev–Trinajstić information content (AvgIpc) is 3.85. The summed E-state index contributed by atoms with van der Waals surface area (Å²) in [6.45, 7) is 0. The SMILES string of the molecule is c1ccc(-c2ccc3c(ccc4c3c3c5ccc(-c6ccccc6)cc5c5c6ccc7ccc(-c8ccccc8)cc7c6sc5c3n4-c3ccccc3)c2)cc1. The molecule has 0 atom stereocenters. The van der Waals surface area contributed by atoms with E-state index in [0.717, 1.165) is 0 Å². The Bertz CT molecular complexity index is 3490. The van der Waals surface area contributed by atoms with Gasteiger partial charge in [-0.3, -0.25) is 0 Å². The number of benzene rings is 10. The molecule has 0 aliphatic carbocycles. The highest BCUT2D eigenvalue weighted by Crippen LogP contribution is 2.51. The fraction of sp³-hybridized carbons (Fsp3) is 0. The highest BCUT2D eigenvalue weighted by Gasteiger charge is 2.24. The van der Waals surface area contributed by atoms with Gasteiger partial charge in [0.25, 0.3) is 0 Å². The molecule has 0 fully saturated rings. The number of aromatic nitrogens is 1. The Morgan fingerprint density at radius 1 is 0.304 bits per heavy atom. The first-order valence-corrected chi connectivity index (χ1v) is 20.1. The van der Waals surface area contributed by atoms with E-state index in [2.05, 4.69) is 205 Å². The van der Waals surface area contributed by atoms with Crippen LogP contribution < -0.4 is 0 Å². The quantitative estimate of drug-likeness (QED) is 0.170. The summed E-state index contributed by atoms with van der Waals surface area (Å²) in [6.07, 6.45) is 0. The molecule has 2 heterocycles. The second-order valence-corrected chi connectivity index (χ2v) is 15.9. The molecule has 56 heavy (non-hydrogen) atoms. The third kappa shape index (κ3) is 4.67. The van der Waals surface area contributed by atoms with Gasteiger partial charge in [0, 0.05) is 37.3 Å². The van der Waals surface area contributed by atoms with E-state index < -0.39 is 0 Å². The van der Waals surface area contributed by atoms with E-state index in [1.54, 1.807) is 0 Å². The van der Waals surface area contributed by atoms with Crippen molar-refractivity contribution in [3.05, 3.63) is 200 Å². The van der Waals surface area contributed by atoms with Gasteiger partial charge in [-0.05, 0) is 96.7 Å². The summed E-state index contributed by atoms with van der Waals surface area (Å²) in [5, 5.41) is 12.9. The van der Waals surface area contributed by atoms with Gasteiger partial charge in [0.05, 0.1) is 15.7 Å². The van der Waals surface area contributed by atoms with Crippen LogP contribution in [-0.2, 0) is 0 Å². The van der Waals surface area contributed by atoms with Gasteiger partial charge in [-0.15, -0.1) is 11.3 Å². The molecule has 0 spiro atoms. The summed E-state index contributed by atoms with van der Waals surface area (Å²) in [6, 6.07) is 73.7. The van der Waals surface area contributed by atoms with Gasteiger partial charge in [-0.2, -0.15) is 0 Å². The van der Waals surface area contributed by atoms with Gasteiger partial charge in [0.2, 0.25) is 0 Å². The normalized spacial score (nSPS) is 11.9. The first kappa shape index (κ1) is 31.4. The smallest absolute Gasteiger partial charge is 0.0726 e. The third-order valence-corrected chi connectivity index (χ3v) is 13.0. The molecular weight excluding hydrogens is 695 g/mol. The van der Waals surface area contributed by atoms with Crippen molar-refractivity contribution < 1.29 is 0 Å². The van der Waals surface area contributed by atoms with Gasteiger partial charge in [-0.25, -0.2) is 0 Å². The number of hydrogen-bond donors (Lipinski definition) is 0. The van der Waals surface area contributed by atoms with E-state index >= 15 is 0 Å². The van der Waals surface area contributed by atoms with Gasteiger partial charge < -0.3 is 4.57 Å². The van der Waals surface area contributed by atoms with Crippen molar-refractivity contribution in [2.75, 3.05) is 0 Å². The van der Waals surface area contributed by atoms with E-state index in [0.29, 0.717) is 0 Å². The van der Waals surface area contributed by atoms with Crippen molar-refractivity contribution in [3.63, 3.8) is 0 Å². The number of fused-ring (bicyclic) bond motifs is 14. The van der Waals surface area contributed by atoms with Crippen LogP contribution in [-0.4, -0.2) is 4.57 Å². The molecule has 0 N–H and O–H groups in total. The van der Waals surface area contributed by atoms with Crippen LogP contribution in [0.25, 0.3) is 113 Å². The Morgan fingerprint density at radius 3 is 1.48 bits per heavy atom. The Labute approximate surface area is 327 Å². The van der Waals surface area contributed by atoms with Gasteiger partial charge in [0.15, 0.2) is 0 Å². The summed E-state index contributed by atoms with van der Waals surface area (Å²) < 4.78 is 5.19. The Morgan fingerprint density at radius 2 is 0.821 bits per heavy atom. The standard InChI is InChI=1S/C54H33NS/c1-5-13-34(14-6-1)38-24-27-43-41(31-38)26-30-48-50(43)51-44-28-25-40(36-17-9-3-10-18-36)33-47(44)49-45-29-23-37-21-22-39(35-15-7-2-8-16-35)32-46(37)53(45)56-54(49)52(51)55(48)42-19-11-4-12-20-42/h1-33H. The van der Waals surface area contributed by atoms with Crippen molar-refractivity contribution in [1.82, 2.24) is 4.57 Å². The molecule has 0 saturated carbocycles. The predicted molar refractivity (Wildman–Crippen MR) is 242 cm³/mol. The molecule has 0 amide bonds. The maximum absolute atomic E-state index is 2.54. The highest BCUT2D eigenvalue weighted by atomic mass is 32.1. The maximum Gasteiger partial charge on any atom is 0.0726 e. The minimum atomic E-state index is 1.17. The topological polar surface area (TPSA) is 4.93 Å². The van der Waals surface area contributed by atoms with Crippen LogP contribution in [0.2, 0.25) is 0 Å². The summed E-state index contributed by atoms with van der Waals surface area (Å²) in [5.41, 5.74) is 11.1. The van der Waals surface area contributed by atoms with Gasteiger partial charge in [-0.1, -0.05) is 164 Å². The number of hydrogen-bond acceptors (Lipinski definition) is 1. The van der Waals surface area contributed by atoms with E-state index in [1.807, 2.05) is 11.3 Å². The lowest BCUT2D eigenvalue weighted by atomic mass is 9.93. The minimum absolute atomic E-state index is 1.17. The van der Waals surface area contributed by atoms with Crippen LogP contribution in [0.3, 0.4) is 0 Å². The summed E-state index contributed by atoms with van der Waals surface area (Å²) >= 11 is 1.95. The van der Waals surface area contributed by atoms with E-state index in [1.165, 1.54) is 113 Å². The lowest BCUT2D eigenvalue weighted by Gasteiger charge is -2.11. The van der Waals surface area contributed by atoms with Crippen LogP contribution in [0, 0.1) is 0 Å². The zero-order valence-electron chi connectivity index (χ0n) is 30.4. The molecule has 12 aromatic rings. The lowest BCUT2D eigenvalue weighted by Crippen LogP contribution is -1.93. The number of nitrogens with zero attached hydrogens (tertiary/aromatic N) is 1. The zero-order valence-corrected chi connectivity index (χ0v) is 31.2. The molecule has 260 valence electrons. The van der Waals surface area contributed by atoms with Crippen LogP contribution in [0.1, 0.15) is 0 Å². The molecule has 1 nitrogen and oxygen atoms in total. The molecule has 0 saturated heterocycles. The molecule has 0 bridgehead atoms. The first-order chi connectivity index (χ1) is 27.8. The molecular formula is C54H33NS.